The molecule has 0 spiro atoms. The topological polar surface area (TPSA) is 70.3 Å². The first-order valence-corrected chi connectivity index (χ1v) is 9.30. The van der Waals surface area contributed by atoms with Crippen molar-refractivity contribution in [2.45, 2.75) is 19.4 Å². The van der Waals surface area contributed by atoms with E-state index in [4.69, 9.17) is 17.4 Å². The Kier molecular flexibility index (Phi) is 4.91. The number of likely N-dealkylation sites (tertiary alicyclic amines) is 1. The van der Waals surface area contributed by atoms with E-state index in [0.29, 0.717) is 5.02 Å². The highest BCUT2D eigenvalue weighted by atomic mass is 35.5. The molecule has 1 unspecified atom stereocenters. The average molecular weight is 368 g/mol. The van der Waals surface area contributed by atoms with Crippen molar-refractivity contribution in [1.82, 2.24) is 14.9 Å². The van der Waals surface area contributed by atoms with Crippen molar-refractivity contribution in [3.05, 3.63) is 64.9 Å². The number of aromatic amines is 1. The number of H-pyrrole nitrogens is 1. The van der Waals surface area contributed by atoms with Crippen molar-refractivity contribution in [1.29, 1.82) is 0 Å². The van der Waals surface area contributed by atoms with Crippen LogP contribution >= 0.6 is 11.6 Å². The van der Waals surface area contributed by atoms with Crippen LogP contribution in [0.25, 0.3) is 11.0 Å². The van der Waals surface area contributed by atoms with Crippen LogP contribution in [0.15, 0.2) is 53.9 Å². The summed E-state index contributed by atoms with van der Waals surface area (Å²) in [6, 6.07) is 12.6. The molecule has 3 heterocycles. The van der Waals surface area contributed by atoms with E-state index in [9.17, 15) is 0 Å². The average Bonchev–Trinajstić information content (AvgIpc) is 3.14. The van der Waals surface area contributed by atoms with Gasteiger partial charge in [0.2, 0.25) is 0 Å². The molecule has 1 fully saturated rings. The number of halogens is 1. The Labute approximate surface area is 157 Å². The zero-order chi connectivity index (χ0) is 17.9. The van der Waals surface area contributed by atoms with Crippen molar-refractivity contribution in [2.24, 2.45) is 16.9 Å². The molecule has 3 N–H and O–H groups in total. The fourth-order valence-electron chi connectivity index (χ4n) is 3.88. The molecule has 5 nitrogen and oxygen atoms in total. The third kappa shape index (κ3) is 3.32. The number of rotatable bonds is 4. The van der Waals surface area contributed by atoms with Gasteiger partial charge >= 0.3 is 0 Å². The molecule has 4 rings (SSSR count). The van der Waals surface area contributed by atoms with Crippen LogP contribution in [0.3, 0.4) is 0 Å². The van der Waals surface area contributed by atoms with Gasteiger partial charge in [0.25, 0.3) is 0 Å². The first-order chi connectivity index (χ1) is 12.8. The second-order valence-electron chi connectivity index (χ2n) is 6.80. The number of benzene rings is 1. The third-order valence-corrected chi connectivity index (χ3v) is 5.36. The highest BCUT2D eigenvalue weighted by molar-refractivity contribution is 6.36. The molecule has 1 aromatic carbocycles. The minimum atomic E-state index is 0.260. The minimum absolute atomic E-state index is 0.260. The predicted octanol–water partition coefficient (Wildman–Crippen LogP) is 3.79. The van der Waals surface area contributed by atoms with E-state index in [0.717, 1.165) is 54.8 Å². The highest BCUT2D eigenvalue weighted by Gasteiger charge is 2.28. The number of piperidine rings is 1. The van der Waals surface area contributed by atoms with Gasteiger partial charge in [0, 0.05) is 42.4 Å². The fraction of sp³-hybridized carbons (Fsp3) is 0.300. The summed E-state index contributed by atoms with van der Waals surface area (Å²) >= 11 is 6.49. The van der Waals surface area contributed by atoms with E-state index in [-0.39, 0.29) is 5.92 Å². The second kappa shape index (κ2) is 7.48. The Bertz CT molecular complexity index is 918. The van der Waals surface area contributed by atoms with Gasteiger partial charge < -0.3 is 10.8 Å². The molecule has 1 aliphatic heterocycles. The number of aromatic nitrogens is 2. The Hall–Kier alpha value is -2.37. The van der Waals surface area contributed by atoms with E-state index in [1.54, 1.807) is 6.20 Å². The quantitative estimate of drug-likeness (QED) is 0.418. The number of hydrogen-bond acceptors (Lipinski definition) is 4. The summed E-state index contributed by atoms with van der Waals surface area (Å²) < 4.78 is 0. The first kappa shape index (κ1) is 17.1. The van der Waals surface area contributed by atoms with Crippen molar-refractivity contribution in [3.63, 3.8) is 0 Å². The lowest BCUT2D eigenvalue weighted by Crippen LogP contribution is -2.39. The number of pyridine rings is 1. The second-order valence-corrected chi connectivity index (χ2v) is 7.20. The van der Waals surface area contributed by atoms with Gasteiger partial charge in [-0.2, -0.15) is 5.10 Å². The van der Waals surface area contributed by atoms with E-state index in [2.05, 4.69) is 50.3 Å². The Morgan fingerprint density at radius 2 is 2.15 bits per heavy atom. The summed E-state index contributed by atoms with van der Waals surface area (Å²) in [5, 5.41) is 5.75. The van der Waals surface area contributed by atoms with E-state index in [1.165, 1.54) is 5.56 Å². The van der Waals surface area contributed by atoms with Gasteiger partial charge in [0.15, 0.2) is 0 Å². The predicted molar refractivity (Wildman–Crippen MR) is 106 cm³/mol. The molecule has 0 bridgehead atoms. The standard InChI is InChI=1S/C20H22ClN5/c21-17-11-24-20-16(8-9-23-20)18(17)19(25-22)15-7-4-10-26(13-15)12-14-5-2-1-3-6-14/h1-3,5-6,8-9,11,15H,4,7,10,12-13,22H2,(H,23,24)/b25-19-. The lowest BCUT2D eigenvalue weighted by molar-refractivity contribution is 0.197. The first-order valence-electron chi connectivity index (χ1n) is 8.92. The van der Waals surface area contributed by atoms with Gasteiger partial charge in [0.05, 0.1) is 10.7 Å². The molecule has 3 aromatic rings. The van der Waals surface area contributed by atoms with Crippen LogP contribution in [0, 0.1) is 5.92 Å². The molecule has 2 aromatic heterocycles. The van der Waals surface area contributed by atoms with Crippen LogP contribution in [0.2, 0.25) is 5.02 Å². The molecular formula is C20H22ClN5. The zero-order valence-electron chi connectivity index (χ0n) is 14.5. The fourth-order valence-corrected chi connectivity index (χ4v) is 4.13. The summed E-state index contributed by atoms with van der Waals surface area (Å²) in [5.41, 5.74) is 3.92. The van der Waals surface area contributed by atoms with E-state index >= 15 is 0 Å². The zero-order valence-corrected chi connectivity index (χ0v) is 15.3. The van der Waals surface area contributed by atoms with Crippen molar-refractivity contribution < 1.29 is 0 Å². The SMILES string of the molecule is N/N=C(\c1c(Cl)cnc2[nH]ccc12)C1CCCN(Cc2ccccc2)C1. The molecule has 1 saturated heterocycles. The van der Waals surface area contributed by atoms with Crippen LogP contribution in [-0.2, 0) is 6.54 Å². The number of nitrogens with zero attached hydrogens (tertiary/aromatic N) is 3. The van der Waals surface area contributed by atoms with Crippen molar-refractivity contribution >= 4 is 28.3 Å². The maximum atomic E-state index is 6.49. The Morgan fingerprint density at radius 3 is 2.96 bits per heavy atom. The number of hydrazone groups is 1. The number of hydrogen-bond donors (Lipinski definition) is 2. The minimum Gasteiger partial charge on any atom is -0.346 e. The summed E-state index contributed by atoms with van der Waals surface area (Å²) in [7, 11) is 0. The number of nitrogens with one attached hydrogen (secondary N) is 1. The summed E-state index contributed by atoms with van der Waals surface area (Å²) in [4.78, 5) is 9.95. The van der Waals surface area contributed by atoms with Gasteiger partial charge in [-0.25, -0.2) is 4.98 Å². The molecule has 26 heavy (non-hydrogen) atoms. The lowest BCUT2D eigenvalue weighted by atomic mass is 9.88. The van der Waals surface area contributed by atoms with Crippen molar-refractivity contribution in [2.75, 3.05) is 13.1 Å². The summed E-state index contributed by atoms with van der Waals surface area (Å²) in [6.45, 7) is 2.96. The number of nitrogens with two attached hydrogens (primary N) is 1. The molecule has 6 heteroatoms. The normalized spacial score (nSPS) is 19.1. The molecule has 134 valence electrons. The van der Waals surface area contributed by atoms with Gasteiger partial charge in [-0.15, -0.1) is 0 Å². The van der Waals surface area contributed by atoms with Crippen molar-refractivity contribution in [3.8, 4) is 0 Å². The summed E-state index contributed by atoms with van der Waals surface area (Å²) in [5.74, 6) is 6.10. The largest absolute Gasteiger partial charge is 0.346 e. The molecule has 1 aliphatic rings. The smallest absolute Gasteiger partial charge is 0.137 e. The monoisotopic (exact) mass is 367 g/mol. The Balaban J connectivity index is 1.60. The summed E-state index contributed by atoms with van der Waals surface area (Å²) in [6.07, 6.45) is 5.72. The maximum absolute atomic E-state index is 6.49. The van der Waals surface area contributed by atoms with Gasteiger partial charge in [-0.1, -0.05) is 41.9 Å². The van der Waals surface area contributed by atoms with Crippen LogP contribution < -0.4 is 5.84 Å². The van der Waals surface area contributed by atoms with Crippen LogP contribution in [0.5, 0.6) is 0 Å². The van der Waals surface area contributed by atoms with E-state index in [1.807, 2.05) is 12.3 Å². The third-order valence-electron chi connectivity index (χ3n) is 5.08. The van der Waals surface area contributed by atoms with Gasteiger partial charge in [-0.05, 0) is 31.0 Å². The molecule has 0 aliphatic carbocycles. The Morgan fingerprint density at radius 1 is 1.31 bits per heavy atom. The highest BCUT2D eigenvalue weighted by Crippen LogP contribution is 2.30. The molecule has 0 radical (unpaired) electrons. The van der Waals surface area contributed by atoms with Crippen LogP contribution in [0.4, 0.5) is 0 Å². The molecule has 1 atom stereocenters. The van der Waals surface area contributed by atoms with Gasteiger partial charge in [-0.3, -0.25) is 4.90 Å². The molecule has 0 amide bonds. The number of fused-ring (bicyclic) bond motifs is 1. The van der Waals surface area contributed by atoms with Gasteiger partial charge in [0.1, 0.15) is 5.65 Å². The molecular weight excluding hydrogens is 346 g/mol. The maximum Gasteiger partial charge on any atom is 0.137 e. The van der Waals surface area contributed by atoms with Crippen LogP contribution in [-0.4, -0.2) is 33.7 Å². The van der Waals surface area contributed by atoms with Crippen LogP contribution in [0.1, 0.15) is 24.0 Å². The molecule has 0 saturated carbocycles. The lowest BCUT2D eigenvalue weighted by Gasteiger charge is -2.33. The van der Waals surface area contributed by atoms with E-state index < -0.39 is 0 Å².